The van der Waals surface area contributed by atoms with Gasteiger partial charge in [-0.25, -0.2) is 0 Å². The Balaban J connectivity index is 1.20. The molecule has 6 heteroatoms. The molecule has 1 aliphatic carbocycles. The van der Waals surface area contributed by atoms with Gasteiger partial charge in [0, 0.05) is 59.9 Å². The van der Waals surface area contributed by atoms with Gasteiger partial charge >= 0.3 is 0 Å². The quantitative estimate of drug-likeness (QED) is 0.528. The molecule has 3 aromatic carbocycles. The lowest BCUT2D eigenvalue weighted by molar-refractivity contribution is 0.102. The van der Waals surface area contributed by atoms with Crippen LogP contribution in [0.25, 0.3) is 0 Å². The van der Waals surface area contributed by atoms with E-state index in [0.29, 0.717) is 28.4 Å². The van der Waals surface area contributed by atoms with E-state index in [1.54, 1.807) is 24.3 Å². The number of nitrogens with zero attached hydrogens (tertiary/aromatic N) is 2. The first-order chi connectivity index (χ1) is 16.6. The molecular formula is C28H29N3O3. The lowest BCUT2D eigenvalue weighted by Gasteiger charge is -2.28. The number of ketones is 1. The van der Waals surface area contributed by atoms with E-state index in [2.05, 4.69) is 22.2 Å². The molecule has 1 aliphatic heterocycles. The van der Waals surface area contributed by atoms with Gasteiger partial charge in [-0.1, -0.05) is 0 Å². The summed E-state index contributed by atoms with van der Waals surface area (Å²) in [6.07, 6.45) is 2.47. The highest BCUT2D eigenvalue weighted by Gasteiger charge is 2.26. The molecule has 1 saturated heterocycles. The van der Waals surface area contributed by atoms with E-state index in [9.17, 15) is 9.59 Å². The first kappa shape index (κ1) is 22.2. The molecule has 1 N–H and O–H groups in total. The smallest absolute Gasteiger partial charge is 0.255 e. The van der Waals surface area contributed by atoms with Crippen molar-refractivity contribution in [2.45, 2.75) is 18.9 Å². The van der Waals surface area contributed by atoms with E-state index >= 15 is 0 Å². The number of rotatable bonds is 7. The van der Waals surface area contributed by atoms with Crippen LogP contribution in [0.15, 0.2) is 72.8 Å². The second kappa shape index (κ2) is 9.69. The van der Waals surface area contributed by atoms with Crippen molar-refractivity contribution >= 4 is 28.8 Å². The molecule has 0 unspecified atom stereocenters. The van der Waals surface area contributed by atoms with Crippen molar-refractivity contribution in [3.8, 4) is 0 Å². The Morgan fingerprint density at radius 3 is 1.97 bits per heavy atom. The molecule has 6 nitrogen and oxygen atoms in total. The molecule has 0 atom stereocenters. The van der Waals surface area contributed by atoms with E-state index in [0.717, 1.165) is 37.7 Å². The molecule has 0 aromatic heterocycles. The summed E-state index contributed by atoms with van der Waals surface area (Å²) in [5, 5.41) is 2.91. The van der Waals surface area contributed by atoms with Gasteiger partial charge in [0.1, 0.15) is 0 Å². The summed E-state index contributed by atoms with van der Waals surface area (Å²) in [5.74, 6) is -0.208. The molecule has 174 valence electrons. The van der Waals surface area contributed by atoms with Crippen molar-refractivity contribution in [2.24, 2.45) is 0 Å². The summed E-state index contributed by atoms with van der Waals surface area (Å²) in [7, 11) is 2.10. The molecule has 0 spiro atoms. The minimum absolute atomic E-state index is 0.0304. The van der Waals surface area contributed by atoms with Gasteiger partial charge in [-0.15, -0.1) is 0 Å². The average molecular weight is 456 g/mol. The topological polar surface area (TPSA) is 61.9 Å². The average Bonchev–Trinajstić information content (AvgIpc) is 3.75. The van der Waals surface area contributed by atoms with Crippen molar-refractivity contribution in [1.82, 2.24) is 0 Å². The van der Waals surface area contributed by atoms with Gasteiger partial charge in [-0.3, -0.25) is 9.59 Å². The first-order valence-corrected chi connectivity index (χ1v) is 11.8. The molecule has 34 heavy (non-hydrogen) atoms. The van der Waals surface area contributed by atoms with E-state index in [1.165, 1.54) is 12.8 Å². The van der Waals surface area contributed by atoms with E-state index < -0.39 is 0 Å². The molecule has 2 aliphatic rings. The van der Waals surface area contributed by atoms with E-state index in [-0.39, 0.29) is 11.7 Å². The van der Waals surface area contributed by atoms with E-state index in [4.69, 9.17) is 4.74 Å². The third kappa shape index (κ3) is 4.97. The first-order valence-electron chi connectivity index (χ1n) is 11.8. The number of amides is 1. The molecule has 1 saturated carbocycles. The predicted octanol–water partition coefficient (Wildman–Crippen LogP) is 4.61. The number of carbonyl (C=O) groups excluding carboxylic acids is 2. The Labute approximate surface area is 200 Å². The number of anilines is 3. The Morgan fingerprint density at radius 2 is 1.38 bits per heavy atom. The number of carbonyl (C=O) groups is 2. The van der Waals surface area contributed by atoms with Crippen molar-refractivity contribution < 1.29 is 14.3 Å². The summed E-state index contributed by atoms with van der Waals surface area (Å²) in [6, 6.07) is 23.1. The molecule has 5 rings (SSSR count). The summed E-state index contributed by atoms with van der Waals surface area (Å²) in [4.78, 5) is 30.1. The second-order valence-electron chi connectivity index (χ2n) is 8.90. The van der Waals surface area contributed by atoms with Crippen molar-refractivity contribution in [1.29, 1.82) is 0 Å². The third-order valence-corrected chi connectivity index (χ3v) is 6.54. The van der Waals surface area contributed by atoms with Gasteiger partial charge in [0.2, 0.25) is 0 Å². The number of benzene rings is 3. The number of hydrogen-bond donors (Lipinski definition) is 1. The zero-order valence-corrected chi connectivity index (χ0v) is 19.4. The molecular weight excluding hydrogens is 426 g/mol. The standard InChI is InChI=1S/C28H29N3O3/c1-30(25-14-15-25)24-10-4-21(5-11-24)27(32)20-2-8-23(9-3-20)29-28(33)22-6-12-26(13-7-22)31-16-18-34-19-17-31/h2-13,25H,14-19H2,1H3,(H,29,33). The number of nitrogens with one attached hydrogen (secondary N) is 1. The summed E-state index contributed by atoms with van der Waals surface area (Å²) in [6.45, 7) is 3.17. The summed E-state index contributed by atoms with van der Waals surface area (Å²) in [5.41, 5.74) is 4.72. The van der Waals surface area contributed by atoms with Crippen LogP contribution in [0.1, 0.15) is 39.1 Å². The molecule has 0 radical (unpaired) electrons. The normalized spacial score (nSPS) is 15.6. The van der Waals surface area contributed by atoms with Crippen LogP contribution >= 0.6 is 0 Å². The molecule has 1 heterocycles. The van der Waals surface area contributed by atoms with Crippen LogP contribution in [0, 0.1) is 0 Å². The van der Waals surface area contributed by atoms with Crippen molar-refractivity contribution in [3.63, 3.8) is 0 Å². The van der Waals surface area contributed by atoms with Gasteiger partial charge in [0.15, 0.2) is 5.78 Å². The van der Waals surface area contributed by atoms with Gasteiger partial charge in [0.05, 0.1) is 13.2 Å². The maximum absolute atomic E-state index is 12.9. The highest BCUT2D eigenvalue weighted by atomic mass is 16.5. The molecule has 1 amide bonds. The van der Waals surface area contributed by atoms with Crippen LogP contribution in [-0.4, -0.2) is 51.1 Å². The van der Waals surface area contributed by atoms with Crippen LogP contribution in [0.5, 0.6) is 0 Å². The fourth-order valence-corrected chi connectivity index (χ4v) is 4.24. The fraction of sp³-hybridized carbons (Fsp3) is 0.286. The Hall–Kier alpha value is -3.64. The summed E-state index contributed by atoms with van der Waals surface area (Å²) < 4.78 is 5.39. The number of hydrogen-bond acceptors (Lipinski definition) is 5. The lowest BCUT2D eigenvalue weighted by atomic mass is 10.0. The van der Waals surface area contributed by atoms with Gasteiger partial charge in [-0.2, -0.15) is 0 Å². The lowest BCUT2D eigenvalue weighted by Crippen LogP contribution is -2.36. The van der Waals surface area contributed by atoms with Crippen LogP contribution < -0.4 is 15.1 Å². The second-order valence-corrected chi connectivity index (χ2v) is 8.90. The minimum Gasteiger partial charge on any atom is -0.378 e. The Morgan fingerprint density at radius 1 is 0.824 bits per heavy atom. The van der Waals surface area contributed by atoms with Crippen molar-refractivity contribution in [3.05, 3.63) is 89.5 Å². The zero-order valence-electron chi connectivity index (χ0n) is 19.4. The monoisotopic (exact) mass is 455 g/mol. The van der Waals surface area contributed by atoms with Crippen LogP contribution in [0.3, 0.4) is 0 Å². The highest BCUT2D eigenvalue weighted by molar-refractivity contribution is 6.09. The highest BCUT2D eigenvalue weighted by Crippen LogP contribution is 2.30. The molecule has 2 fully saturated rings. The van der Waals surface area contributed by atoms with Crippen LogP contribution in [-0.2, 0) is 4.74 Å². The SMILES string of the molecule is CN(c1ccc(C(=O)c2ccc(NC(=O)c3ccc(N4CCOCC4)cc3)cc2)cc1)C1CC1. The predicted molar refractivity (Wildman–Crippen MR) is 135 cm³/mol. The van der Waals surface area contributed by atoms with Crippen LogP contribution in [0.2, 0.25) is 0 Å². The van der Waals surface area contributed by atoms with Gasteiger partial charge in [-0.05, 0) is 85.6 Å². The number of morpholine rings is 1. The third-order valence-electron chi connectivity index (χ3n) is 6.54. The Bertz CT molecular complexity index is 1150. The van der Waals surface area contributed by atoms with Gasteiger partial charge in [0.25, 0.3) is 5.91 Å². The fourth-order valence-electron chi connectivity index (χ4n) is 4.24. The summed E-state index contributed by atoms with van der Waals surface area (Å²) >= 11 is 0. The number of ether oxygens (including phenoxy) is 1. The zero-order chi connectivity index (χ0) is 23.5. The van der Waals surface area contributed by atoms with Gasteiger partial charge < -0.3 is 19.9 Å². The largest absolute Gasteiger partial charge is 0.378 e. The van der Waals surface area contributed by atoms with E-state index in [1.807, 2.05) is 48.5 Å². The van der Waals surface area contributed by atoms with Crippen molar-refractivity contribution in [2.75, 3.05) is 48.5 Å². The minimum atomic E-state index is -0.178. The van der Waals surface area contributed by atoms with Crippen LogP contribution in [0.4, 0.5) is 17.1 Å². The maximum Gasteiger partial charge on any atom is 0.255 e. The maximum atomic E-state index is 12.9. The molecule has 3 aromatic rings. The Kier molecular flexibility index (Phi) is 6.32. The molecule has 0 bridgehead atoms.